The Morgan fingerprint density at radius 1 is 1.28 bits per heavy atom. The molecule has 2 rings (SSSR count). The van der Waals surface area contributed by atoms with Crippen molar-refractivity contribution < 1.29 is 0 Å². The van der Waals surface area contributed by atoms with Crippen LogP contribution in [0.5, 0.6) is 0 Å². The molecule has 18 heavy (non-hydrogen) atoms. The lowest BCUT2D eigenvalue weighted by Gasteiger charge is -2.27. The molecule has 0 aliphatic heterocycles. The van der Waals surface area contributed by atoms with Gasteiger partial charge in [0.2, 0.25) is 0 Å². The third-order valence-corrected chi connectivity index (χ3v) is 3.88. The zero-order valence-corrected chi connectivity index (χ0v) is 11.2. The summed E-state index contributed by atoms with van der Waals surface area (Å²) >= 11 is 0. The molecular formula is C16H22N2. The molecule has 0 bridgehead atoms. The van der Waals surface area contributed by atoms with Crippen LogP contribution in [0, 0.1) is 23.2 Å². The fourth-order valence-electron chi connectivity index (χ4n) is 2.84. The Bertz CT molecular complexity index is 402. The first-order valence-corrected chi connectivity index (χ1v) is 6.97. The van der Waals surface area contributed by atoms with E-state index in [2.05, 4.69) is 30.4 Å². The van der Waals surface area contributed by atoms with E-state index in [1.807, 2.05) is 12.1 Å². The van der Waals surface area contributed by atoms with Crippen LogP contribution < -0.4 is 5.32 Å². The van der Waals surface area contributed by atoms with E-state index in [9.17, 15) is 0 Å². The number of rotatable bonds is 4. The van der Waals surface area contributed by atoms with E-state index in [1.165, 1.54) is 31.4 Å². The highest BCUT2D eigenvalue weighted by Crippen LogP contribution is 2.28. The molecule has 1 saturated carbocycles. The summed E-state index contributed by atoms with van der Waals surface area (Å²) in [7, 11) is 0. The average molecular weight is 242 g/mol. The monoisotopic (exact) mass is 242 g/mol. The number of nitrogens with zero attached hydrogens (tertiary/aromatic N) is 1. The lowest BCUT2D eigenvalue weighted by atomic mass is 9.82. The van der Waals surface area contributed by atoms with Gasteiger partial charge >= 0.3 is 0 Å². The smallest absolute Gasteiger partial charge is 0.0669 e. The standard InChI is InChI=1S/C16H22N2/c1-13-3-2-4-15(11-13)12-18-16-7-5-14(6-8-16)9-10-17/h5-8,13,15,18H,2-4,9,11-12H2,1H3. The van der Waals surface area contributed by atoms with Crippen LogP contribution in [0.25, 0.3) is 0 Å². The van der Waals surface area contributed by atoms with Gasteiger partial charge < -0.3 is 5.32 Å². The normalized spacial score (nSPS) is 23.3. The predicted octanol–water partition coefficient (Wildman–Crippen LogP) is 3.99. The molecule has 2 heteroatoms. The van der Waals surface area contributed by atoms with Crippen molar-refractivity contribution in [1.82, 2.24) is 0 Å². The maximum Gasteiger partial charge on any atom is 0.0669 e. The second kappa shape index (κ2) is 6.44. The molecule has 1 fully saturated rings. The molecule has 1 aliphatic carbocycles. The fourth-order valence-corrected chi connectivity index (χ4v) is 2.84. The molecular weight excluding hydrogens is 220 g/mol. The summed E-state index contributed by atoms with van der Waals surface area (Å²) < 4.78 is 0. The maximum absolute atomic E-state index is 8.62. The van der Waals surface area contributed by atoms with Crippen molar-refractivity contribution in [3.63, 3.8) is 0 Å². The van der Waals surface area contributed by atoms with Gasteiger partial charge in [-0.3, -0.25) is 0 Å². The van der Waals surface area contributed by atoms with Crippen molar-refractivity contribution in [2.24, 2.45) is 11.8 Å². The summed E-state index contributed by atoms with van der Waals surface area (Å²) in [5.41, 5.74) is 2.27. The molecule has 0 radical (unpaired) electrons. The Kier molecular flexibility index (Phi) is 4.64. The average Bonchev–Trinajstić information content (AvgIpc) is 2.38. The van der Waals surface area contributed by atoms with Gasteiger partial charge in [-0.05, 0) is 42.4 Å². The molecule has 0 spiro atoms. The summed E-state index contributed by atoms with van der Waals surface area (Å²) in [6.07, 6.45) is 6.01. The summed E-state index contributed by atoms with van der Waals surface area (Å²) in [4.78, 5) is 0. The van der Waals surface area contributed by atoms with Crippen LogP contribution in [0.15, 0.2) is 24.3 Å². The zero-order valence-electron chi connectivity index (χ0n) is 11.2. The van der Waals surface area contributed by atoms with Gasteiger partial charge in [-0.2, -0.15) is 5.26 Å². The van der Waals surface area contributed by atoms with Gasteiger partial charge in [-0.15, -0.1) is 0 Å². The number of benzene rings is 1. The van der Waals surface area contributed by atoms with Crippen molar-refractivity contribution in [3.8, 4) is 6.07 Å². The summed E-state index contributed by atoms with van der Waals surface area (Å²) in [5.74, 6) is 1.72. The van der Waals surface area contributed by atoms with Gasteiger partial charge in [-0.1, -0.05) is 31.9 Å². The van der Waals surface area contributed by atoms with E-state index in [0.717, 1.165) is 23.9 Å². The molecule has 1 aliphatic rings. The molecule has 96 valence electrons. The molecule has 1 aromatic carbocycles. The highest BCUT2D eigenvalue weighted by molar-refractivity contribution is 5.45. The van der Waals surface area contributed by atoms with Gasteiger partial charge in [0.25, 0.3) is 0 Å². The lowest BCUT2D eigenvalue weighted by Crippen LogP contribution is -2.20. The van der Waals surface area contributed by atoms with Crippen molar-refractivity contribution in [1.29, 1.82) is 5.26 Å². The largest absolute Gasteiger partial charge is 0.385 e. The van der Waals surface area contributed by atoms with Gasteiger partial charge in [0.05, 0.1) is 12.5 Å². The third-order valence-electron chi connectivity index (χ3n) is 3.88. The van der Waals surface area contributed by atoms with E-state index in [-0.39, 0.29) is 0 Å². The van der Waals surface area contributed by atoms with Gasteiger partial charge in [-0.25, -0.2) is 0 Å². The van der Waals surface area contributed by atoms with Crippen molar-refractivity contribution in [3.05, 3.63) is 29.8 Å². The minimum Gasteiger partial charge on any atom is -0.385 e. The van der Waals surface area contributed by atoms with Crippen LogP contribution >= 0.6 is 0 Å². The van der Waals surface area contributed by atoms with Gasteiger partial charge in [0.15, 0.2) is 0 Å². The van der Waals surface area contributed by atoms with E-state index < -0.39 is 0 Å². The molecule has 2 nitrogen and oxygen atoms in total. The van der Waals surface area contributed by atoms with Crippen LogP contribution in [0.3, 0.4) is 0 Å². The second-order valence-electron chi connectivity index (χ2n) is 5.55. The predicted molar refractivity (Wildman–Crippen MR) is 75.4 cm³/mol. The number of anilines is 1. The quantitative estimate of drug-likeness (QED) is 0.866. The Morgan fingerprint density at radius 2 is 2.06 bits per heavy atom. The van der Waals surface area contributed by atoms with Crippen molar-refractivity contribution in [2.45, 2.75) is 39.0 Å². The minimum atomic E-state index is 0.500. The van der Waals surface area contributed by atoms with Crippen LogP contribution in [0.4, 0.5) is 5.69 Å². The Hall–Kier alpha value is -1.49. The third kappa shape index (κ3) is 3.77. The molecule has 2 atom stereocenters. The first-order chi connectivity index (χ1) is 8.78. The summed E-state index contributed by atoms with van der Waals surface area (Å²) in [6, 6.07) is 10.4. The van der Waals surface area contributed by atoms with Crippen LogP contribution in [0.2, 0.25) is 0 Å². The lowest BCUT2D eigenvalue weighted by molar-refractivity contribution is 0.293. The highest BCUT2D eigenvalue weighted by atomic mass is 14.9. The van der Waals surface area contributed by atoms with Crippen LogP contribution in [-0.2, 0) is 6.42 Å². The summed E-state index contributed by atoms with van der Waals surface area (Å²) in [5, 5.41) is 12.1. The Morgan fingerprint density at radius 3 is 2.72 bits per heavy atom. The first-order valence-electron chi connectivity index (χ1n) is 6.97. The SMILES string of the molecule is CC1CCCC(CNc2ccc(CC#N)cc2)C1. The maximum atomic E-state index is 8.62. The Labute approximate surface area is 110 Å². The summed E-state index contributed by atoms with van der Waals surface area (Å²) in [6.45, 7) is 3.45. The van der Waals surface area contributed by atoms with E-state index in [1.54, 1.807) is 0 Å². The first kappa shape index (κ1) is 13.0. The molecule has 1 N–H and O–H groups in total. The molecule has 2 unspecified atom stereocenters. The van der Waals surface area contributed by atoms with Gasteiger partial charge in [0, 0.05) is 12.2 Å². The van der Waals surface area contributed by atoms with E-state index in [0.29, 0.717) is 6.42 Å². The molecule has 0 aromatic heterocycles. The Balaban J connectivity index is 1.81. The van der Waals surface area contributed by atoms with Crippen molar-refractivity contribution in [2.75, 3.05) is 11.9 Å². The second-order valence-corrected chi connectivity index (χ2v) is 5.55. The zero-order chi connectivity index (χ0) is 12.8. The van der Waals surface area contributed by atoms with Crippen LogP contribution in [0.1, 0.15) is 38.2 Å². The molecule has 0 heterocycles. The number of hydrogen-bond acceptors (Lipinski definition) is 2. The molecule has 0 saturated heterocycles. The number of hydrogen-bond donors (Lipinski definition) is 1. The van der Waals surface area contributed by atoms with Crippen LogP contribution in [-0.4, -0.2) is 6.54 Å². The van der Waals surface area contributed by atoms with Gasteiger partial charge in [0.1, 0.15) is 0 Å². The number of nitrogens with one attached hydrogen (secondary N) is 1. The fraction of sp³-hybridized carbons (Fsp3) is 0.562. The minimum absolute atomic E-state index is 0.500. The molecule has 1 aromatic rings. The topological polar surface area (TPSA) is 35.8 Å². The van der Waals surface area contributed by atoms with E-state index in [4.69, 9.17) is 5.26 Å². The number of nitriles is 1. The van der Waals surface area contributed by atoms with Crippen molar-refractivity contribution >= 4 is 5.69 Å². The van der Waals surface area contributed by atoms with E-state index >= 15 is 0 Å². The molecule has 0 amide bonds. The highest BCUT2D eigenvalue weighted by Gasteiger charge is 2.18.